The van der Waals surface area contributed by atoms with E-state index in [0.717, 1.165) is 62.5 Å². The van der Waals surface area contributed by atoms with E-state index in [2.05, 4.69) is 92.1 Å². The van der Waals surface area contributed by atoms with Crippen molar-refractivity contribution in [1.82, 2.24) is 0 Å². The van der Waals surface area contributed by atoms with E-state index in [1.807, 2.05) is 6.07 Å². The number of carbonyl (C=O) groups excluding carboxylic acids is 1. The third-order valence-electron chi connectivity index (χ3n) is 17.9. The minimum atomic E-state index is -1.93. The van der Waals surface area contributed by atoms with Crippen molar-refractivity contribution in [3.63, 3.8) is 0 Å². The molecule has 10 nitrogen and oxygen atoms in total. The van der Waals surface area contributed by atoms with E-state index in [1.54, 1.807) is 0 Å². The van der Waals surface area contributed by atoms with Crippen LogP contribution in [0.1, 0.15) is 130 Å². The summed E-state index contributed by atoms with van der Waals surface area (Å²) in [7, 11) is -1.93. The van der Waals surface area contributed by atoms with Gasteiger partial charge in [0.05, 0.1) is 54.9 Å². The highest BCUT2D eigenvalue weighted by molar-refractivity contribution is 6.74. The first-order valence-corrected chi connectivity index (χ1v) is 28.2. The van der Waals surface area contributed by atoms with E-state index in [9.17, 15) is 0 Å². The van der Waals surface area contributed by atoms with Crippen molar-refractivity contribution < 1.29 is 47.1 Å². The van der Waals surface area contributed by atoms with Crippen LogP contribution in [0.5, 0.6) is 0 Å². The Hall–Kier alpha value is -1.77. The Morgan fingerprint density at radius 3 is 2.25 bits per heavy atom. The lowest BCUT2D eigenvalue weighted by molar-refractivity contribution is -0.292. The molecule has 1 aromatic rings. The van der Waals surface area contributed by atoms with Gasteiger partial charge in [0.15, 0.2) is 14.1 Å². The first-order valence-electron chi connectivity index (χ1n) is 25.3. The van der Waals surface area contributed by atoms with Gasteiger partial charge >= 0.3 is 0 Å². The molecule has 1 aromatic carbocycles. The minimum absolute atomic E-state index is 0.00312. The van der Waals surface area contributed by atoms with Gasteiger partial charge < -0.3 is 42.3 Å². The molecular weight excluding hydrogens is 825 g/mol. The fourth-order valence-electron chi connectivity index (χ4n) is 13.1. The second kappa shape index (κ2) is 17.6. The Kier molecular flexibility index (Phi) is 12.7. The van der Waals surface area contributed by atoms with Crippen molar-refractivity contribution in [3.05, 3.63) is 60.2 Å². The van der Waals surface area contributed by atoms with Crippen LogP contribution in [-0.4, -0.2) is 112 Å². The van der Waals surface area contributed by atoms with Gasteiger partial charge in [0.1, 0.15) is 36.3 Å². The maximum Gasteiger partial charge on any atom is 0.191 e. The summed E-state index contributed by atoms with van der Waals surface area (Å²) in [6.07, 6.45) is 7.09. The zero-order chi connectivity index (χ0) is 44.9. The third kappa shape index (κ3) is 8.66. The molecular formula is C53H78O10Si. The number of hydrogen-bond donors (Lipinski definition) is 0. The Balaban J connectivity index is 0.968. The number of ether oxygens (including phenoxy) is 8. The number of benzene rings is 1. The van der Waals surface area contributed by atoms with Gasteiger partial charge in [-0.1, -0.05) is 85.0 Å². The number of carbonyl (C=O) groups is 1. The summed E-state index contributed by atoms with van der Waals surface area (Å²) >= 11 is 0. The zero-order valence-electron chi connectivity index (χ0n) is 40.0. The van der Waals surface area contributed by atoms with Crippen molar-refractivity contribution in [3.8, 4) is 0 Å². The summed E-state index contributed by atoms with van der Waals surface area (Å²) in [6.45, 7) is 28.3. The maximum absolute atomic E-state index is 15.4. The molecule has 0 aromatic heterocycles. The van der Waals surface area contributed by atoms with Gasteiger partial charge in [-0.3, -0.25) is 4.79 Å². The Morgan fingerprint density at radius 1 is 0.766 bits per heavy atom. The molecule has 10 aliphatic heterocycles. The average molecular weight is 903 g/mol. The molecule has 12 bridgehead atoms. The van der Waals surface area contributed by atoms with Crippen LogP contribution in [-0.2, 0) is 47.1 Å². The Morgan fingerprint density at radius 2 is 1.47 bits per heavy atom. The Labute approximate surface area is 384 Å². The number of fused-ring (bicyclic) bond motifs is 6. The second-order valence-corrected chi connectivity index (χ2v) is 28.2. The monoisotopic (exact) mass is 903 g/mol. The molecule has 1 spiro atoms. The van der Waals surface area contributed by atoms with E-state index in [1.165, 1.54) is 5.57 Å². The molecule has 0 saturated carbocycles. The van der Waals surface area contributed by atoms with Gasteiger partial charge in [0.2, 0.25) is 0 Å². The molecule has 0 aliphatic carbocycles. The highest BCUT2D eigenvalue weighted by atomic mass is 28.4. The van der Waals surface area contributed by atoms with Crippen LogP contribution in [0.4, 0.5) is 0 Å². The van der Waals surface area contributed by atoms with Crippen LogP contribution >= 0.6 is 0 Å². The summed E-state index contributed by atoms with van der Waals surface area (Å²) in [6, 6.07) is 10.5. The summed E-state index contributed by atoms with van der Waals surface area (Å²) in [5, 5.41) is 0.137. The van der Waals surface area contributed by atoms with Crippen LogP contribution < -0.4 is 0 Å². The standard InChI is InChI=1S/C53H78O10Si/c1-29(28-55-64(9,10)52(6,7)8)22-41-33(5)45-43(59-41)26-42-32(4)30(2)23-35(57-42)16-18-39-31(3)24-37(56-39)20-21-53-27-44-48(62-53)49-50(61-44)51(63-53)47-40(60-49)19-17-36(58-47)25-38(54)46(45)34-14-12-11-13-15-34/h11-15,29-30,33,35-37,39-51H,3-4,16-28H2,1-2,5-10H3/t29-,30+,33-,35?,36+,37-,39-,40-,41+,42?,43-,44+,45+,46?,47-,48?,49-,50+,51?,53-/m0/s1. The molecule has 0 N–H and O–H groups in total. The molecule has 354 valence electrons. The van der Waals surface area contributed by atoms with E-state index in [0.29, 0.717) is 44.1 Å². The van der Waals surface area contributed by atoms with Crippen molar-refractivity contribution in [2.75, 3.05) is 6.61 Å². The van der Waals surface area contributed by atoms with Crippen molar-refractivity contribution >= 4 is 14.1 Å². The van der Waals surface area contributed by atoms with Gasteiger partial charge in [0, 0.05) is 44.1 Å². The minimum Gasteiger partial charge on any atom is -0.417 e. The lowest BCUT2D eigenvalue weighted by Gasteiger charge is -2.47. The second-order valence-electron chi connectivity index (χ2n) is 23.4. The first kappa shape index (κ1) is 46.0. The van der Waals surface area contributed by atoms with Gasteiger partial charge in [-0.25, -0.2) is 0 Å². The lowest BCUT2D eigenvalue weighted by atomic mass is 9.70. The Bertz CT molecular complexity index is 1880. The molecule has 0 amide bonds. The quantitative estimate of drug-likeness (QED) is 0.203. The van der Waals surface area contributed by atoms with Gasteiger partial charge in [-0.05, 0) is 104 Å². The summed E-state index contributed by atoms with van der Waals surface area (Å²) < 4.78 is 62.6. The highest BCUT2D eigenvalue weighted by Gasteiger charge is 2.69. The molecule has 10 saturated heterocycles. The first-order chi connectivity index (χ1) is 30.5. The fraction of sp³-hybridized carbons (Fsp3) is 0.792. The molecule has 10 heterocycles. The summed E-state index contributed by atoms with van der Waals surface area (Å²) in [4.78, 5) is 15.4. The molecule has 5 unspecified atom stereocenters. The van der Waals surface area contributed by atoms with Crippen LogP contribution in [0.15, 0.2) is 54.6 Å². The molecule has 10 aliphatic rings. The maximum atomic E-state index is 15.4. The smallest absolute Gasteiger partial charge is 0.191 e. The predicted molar refractivity (Wildman–Crippen MR) is 246 cm³/mol. The number of Topliss-reactive ketones (excluding diaryl/α,β-unsaturated/α-hetero) is 1. The normalized spacial score (nSPS) is 46.5. The highest BCUT2D eigenvalue weighted by Crippen LogP contribution is 2.55. The fourth-order valence-corrected chi connectivity index (χ4v) is 14.3. The third-order valence-corrected chi connectivity index (χ3v) is 22.4. The van der Waals surface area contributed by atoms with Crippen molar-refractivity contribution in [2.45, 2.75) is 234 Å². The van der Waals surface area contributed by atoms with Crippen molar-refractivity contribution in [2.24, 2.45) is 23.7 Å². The molecule has 10 fully saturated rings. The van der Waals surface area contributed by atoms with Crippen molar-refractivity contribution in [1.29, 1.82) is 0 Å². The number of ketones is 1. The van der Waals surface area contributed by atoms with E-state index >= 15 is 4.79 Å². The topological polar surface area (TPSA) is 100 Å². The van der Waals surface area contributed by atoms with E-state index in [4.69, 9.17) is 42.3 Å². The SMILES string of the molecule is C=C1C2C[C@@H]3O[C@H](C[C@H](C)CO[Si](C)(C)C(C)(C)C)[C@H](C)[C@H]3C(c3ccccc3)C(=O)C[C@H]3CC[C@@H]4O[C@H]5C6O[C@]7(CC[C@H]8CC(=C)[C@H](CCC(C[C@H]1C)O2)O8)C[C@H]6O[C@H]5C(O7)[C@H]4O3. The van der Waals surface area contributed by atoms with Crippen LogP contribution in [0.2, 0.25) is 18.1 Å². The zero-order valence-corrected chi connectivity index (χ0v) is 41.0. The number of hydrogen-bond acceptors (Lipinski definition) is 10. The van der Waals surface area contributed by atoms with E-state index in [-0.39, 0.29) is 114 Å². The molecule has 11 heteroatoms. The van der Waals surface area contributed by atoms with Gasteiger partial charge in [-0.15, -0.1) is 0 Å². The van der Waals surface area contributed by atoms with Crippen LogP contribution in [0.3, 0.4) is 0 Å². The molecule has 11 rings (SSSR count). The summed E-state index contributed by atoms with van der Waals surface area (Å²) in [5.74, 6) is -0.316. The predicted octanol–water partition coefficient (Wildman–Crippen LogP) is 9.79. The lowest BCUT2D eigenvalue weighted by Crippen LogP contribution is -2.61. The van der Waals surface area contributed by atoms with Crippen LogP contribution in [0, 0.1) is 23.7 Å². The number of rotatable bonds is 6. The summed E-state index contributed by atoms with van der Waals surface area (Å²) in [5.41, 5.74) is 3.34. The van der Waals surface area contributed by atoms with Gasteiger partial charge in [0.25, 0.3) is 0 Å². The largest absolute Gasteiger partial charge is 0.417 e. The molecule has 20 atom stereocenters. The van der Waals surface area contributed by atoms with Crippen LogP contribution in [0.25, 0.3) is 0 Å². The molecule has 64 heavy (non-hydrogen) atoms. The van der Waals surface area contributed by atoms with E-state index < -0.39 is 14.1 Å². The van der Waals surface area contributed by atoms with Gasteiger partial charge in [-0.2, -0.15) is 0 Å². The average Bonchev–Trinajstić information content (AvgIpc) is 3.92. The molecule has 0 radical (unpaired) electrons.